The lowest BCUT2D eigenvalue weighted by Crippen LogP contribution is -2.15. The van der Waals surface area contributed by atoms with E-state index in [2.05, 4.69) is 70.7 Å². The molecule has 4 nitrogen and oxygen atoms in total. The van der Waals surface area contributed by atoms with Crippen LogP contribution in [0, 0.1) is 0 Å². The average molecular weight is 330 g/mol. The molecule has 4 heteroatoms. The average Bonchev–Trinajstić information content (AvgIpc) is 2.99. The number of pyridine rings is 1. The van der Waals surface area contributed by atoms with Gasteiger partial charge in [-0.25, -0.2) is 0 Å². The van der Waals surface area contributed by atoms with Gasteiger partial charge in [-0.05, 0) is 56.4 Å². The predicted octanol–water partition coefficient (Wildman–Crippen LogP) is 4.56. The summed E-state index contributed by atoms with van der Waals surface area (Å²) in [6, 6.07) is 16.9. The highest BCUT2D eigenvalue weighted by Gasteiger charge is 2.11. The molecule has 2 heterocycles. The van der Waals surface area contributed by atoms with Crippen molar-refractivity contribution in [2.45, 2.75) is 6.42 Å². The van der Waals surface area contributed by atoms with Crippen molar-refractivity contribution in [2.24, 2.45) is 0 Å². The minimum atomic E-state index is 0.999. The second-order valence-corrected chi connectivity index (χ2v) is 6.65. The van der Waals surface area contributed by atoms with E-state index in [9.17, 15) is 0 Å². The van der Waals surface area contributed by atoms with Gasteiger partial charge in [0, 0.05) is 40.2 Å². The molecule has 0 saturated heterocycles. The smallest absolute Gasteiger partial charge is 0.0570 e. The Bertz CT molecular complexity index is 1000. The van der Waals surface area contributed by atoms with Gasteiger partial charge in [-0.1, -0.05) is 18.2 Å². The summed E-state index contributed by atoms with van der Waals surface area (Å²) in [4.78, 5) is 10.0. The largest absolute Gasteiger partial charge is 0.354 e. The Morgan fingerprint density at radius 2 is 1.88 bits per heavy atom. The van der Waals surface area contributed by atoms with E-state index < -0.39 is 0 Å². The molecule has 4 rings (SSSR count). The summed E-state index contributed by atoms with van der Waals surface area (Å²) >= 11 is 0. The first-order valence-electron chi connectivity index (χ1n) is 8.56. The number of likely N-dealkylation sites (N-methyl/N-ethyl adjacent to an activating group) is 1. The number of nitrogens with zero attached hydrogens (tertiary/aromatic N) is 2. The third kappa shape index (κ3) is 3.21. The summed E-state index contributed by atoms with van der Waals surface area (Å²) < 4.78 is 0. The predicted molar refractivity (Wildman–Crippen MR) is 106 cm³/mol. The van der Waals surface area contributed by atoms with E-state index in [4.69, 9.17) is 0 Å². The van der Waals surface area contributed by atoms with Gasteiger partial charge in [0.2, 0.25) is 0 Å². The summed E-state index contributed by atoms with van der Waals surface area (Å²) in [6.07, 6.45) is 4.63. The molecule has 25 heavy (non-hydrogen) atoms. The summed E-state index contributed by atoms with van der Waals surface area (Å²) in [6.45, 7) is 1.01. The van der Waals surface area contributed by atoms with E-state index in [1.54, 1.807) is 6.20 Å². The number of hydrogen-bond acceptors (Lipinski definition) is 3. The zero-order chi connectivity index (χ0) is 17.2. The molecule has 0 aliphatic carbocycles. The van der Waals surface area contributed by atoms with E-state index in [1.807, 2.05) is 18.3 Å². The fourth-order valence-corrected chi connectivity index (χ4v) is 3.24. The number of H-pyrrole nitrogens is 1. The van der Waals surface area contributed by atoms with Gasteiger partial charge in [0.25, 0.3) is 0 Å². The molecule has 0 amide bonds. The Labute approximate surface area is 147 Å². The Morgan fingerprint density at radius 3 is 2.68 bits per heavy atom. The first-order chi connectivity index (χ1) is 12.2. The van der Waals surface area contributed by atoms with Gasteiger partial charge >= 0.3 is 0 Å². The van der Waals surface area contributed by atoms with Crippen LogP contribution >= 0.6 is 0 Å². The number of anilines is 2. The molecule has 2 aromatic carbocycles. The van der Waals surface area contributed by atoms with Crippen molar-refractivity contribution >= 4 is 33.2 Å². The van der Waals surface area contributed by atoms with Crippen molar-refractivity contribution < 1.29 is 0 Å². The van der Waals surface area contributed by atoms with Crippen LogP contribution in [0.4, 0.5) is 11.4 Å². The number of fused-ring (bicyclic) bond motifs is 3. The van der Waals surface area contributed by atoms with Crippen molar-refractivity contribution in [3.8, 4) is 0 Å². The second-order valence-electron chi connectivity index (χ2n) is 6.65. The molecule has 0 radical (unpaired) electrons. The summed E-state index contributed by atoms with van der Waals surface area (Å²) in [5.41, 5.74) is 5.84. The van der Waals surface area contributed by atoms with Gasteiger partial charge in [-0.2, -0.15) is 0 Å². The molecule has 0 bridgehead atoms. The lowest BCUT2D eigenvalue weighted by atomic mass is 10.0. The zero-order valence-electron chi connectivity index (χ0n) is 14.6. The molecule has 4 aromatic rings. The van der Waals surface area contributed by atoms with Crippen molar-refractivity contribution in [3.05, 3.63) is 66.5 Å². The lowest BCUT2D eigenvalue weighted by Gasteiger charge is -2.13. The van der Waals surface area contributed by atoms with Crippen LogP contribution in [-0.4, -0.2) is 35.5 Å². The van der Waals surface area contributed by atoms with E-state index in [-0.39, 0.29) is 0 Å². The van der Waals surface area contributed by atoms with Crippen LogP contribution < -0.4 is 5.32 Å². The van der Waals surface area contributed by atoms with Crippen molar-refractivity contribution in [3.63, 3.8) is 0 Å². The summed E-state index contributed by atoms with van der Waals surface area (Å²) in [5, 5.41) is 6.01. The van der Waals surface area contributed by atoms with Gasteiger partial charge in [0.1, 0.15) is 0 Å². The summed E-state index contributed by atoms with van der Waals surface area (Å²) in [5.74, 6) is 0. The van der Waals surface area contributed by atoms with E-state index in [1.165, 1.54) is 27.4 Å². The molecule has 0 unspecified atom stereocenters. The first kappa shape index (κ1) is 15.7. The third-order valence-electron chi connectivity index (χ3n) is 4.48. The van der Waals surface area contributed by atoms with E-state index in [0.717, 1.165) is 24.3 Å². The SMILES string of the molecule is CN(C)CCc1cc(Nc2cccnc2)cc2c1[nH]c1ccccc12. The van der Waals surface area contributed by atoms with Gasteiger partial charge < -0.3 is 15.2 Å². The minimum Gasteiger partial charge on any atom is -0.354 e. The maximum Gasteiger partial charge on any atom is 0.0570 e. The third-order valence-corrected chi connectivity index (χ3v) is 4.48. The highest BCUT2D eigenvalue weighted by Crippen LogP contribution is 2.32. The molecule has 0 aliphatic heterocycles. The normalized spacial score (nSPS) is 11.5. The number of aromatic nitrogens is 2. The number of rotatable bonds is 5. The van der Waals surface area contributed by atoms with Gasteiger partial charge in [0.15, 0.2) is 0 Å². The van der Waals surface area contributed by atoms with Crippen LogP contribution in [0.25, 0.3) is 21.8 Å². The molecular formula is C21H22N4. The first-order valence-corrected chi connectivity index (χ1v) is 8.56. The van der Waals surface area contributed by atoms with Crippen molar-refractivity contribution in [1.29, 1.82) is 0 Å². The molecule has 0 saturated carbocycles. The molecule has 0 fully saturated rings. The highest BCUT2D eigenvalue weighted by atomic mass is 15.0. The minimum absolute atomic E-state index is 0.999. The monoisotopic (exact) mass is 330 g/mol. The van der Waals surface area contributed by atoms with Gasteiger partial charge in [0.05, 0.1) is 11.9 Å². The molecule has 0 spiro atoms. The Balaban J connectivity index is 1.84. The Hall–Kier alpha value is -2.85. The van der Waals surface area contributed by atoms with Crippen LogP contribution in [0.3, 0.4) is 0 Å². The fourth-order valence-electron chi connectivity index (χ4n) is 3.24. The molecule has 2 N–H and O–H groups in total. The standard InChI is InChI=1S/C21H22N4/c1-25(2)11-9-15-12-17(23-16-6-5-10-22-14-16)13-19-18-7-3-4-8-20(18)24-21(15)19/h3-8,10,12-14,23-24H,9,11H2,1-2H3. The second kappa shape index (κ2) is 6.57. The number of aromatic amines is 1. The number of benzene rings is 2. The van der Waals surface area contributed by atoms with E-state index in [0.29, 0.717) is 0 Å². The van der Waals surface area contributed by atoms with Gasteiger partial charge in [-0.15, -0.1) is 0 Å². The van der Waals surface area contributed by atoms with Gasteiger partial charge in [-0.3, -0.25) is 4.98 Å². The zero-order valence-corrected chi connectivity index (χ0v) is 14.6. The number of hydrogen-bond donors (Lipinski definition) is 2. The Morgan fingerprint density at radius 1 is 1.00 bits per heavy atom. The molecular weight excluding hydrogens is 308 g/mol. The van der Waals surface area contributed by atoms with Crippen molar-refractivity contribution in [2.75, 3.05) is 26.0 Å². The van der Waals surface area contributed by atoms with Crippen LogP contribution in [0.2, 0.25) is 0 Å². The van der Waals surface area contributed by atoms with Crippen LogP contribution in [0.15, 0.2) is 60.9 Å². The number of para-hydroxylation sites is 1. The molecule has 2 aromatic heterocycles. The summed E-state index contributed by atoms with van der Waals surface area (Å²) in [7, 11) is 4.22. The molecule has 0 aliphatic rings. The van der Waals surface area contributed by atoms with Crippen molar-refractivity contribution in [1.82, 2.24) is 14.9 Å². The maximum atomic E-state index is 4.19. The topological polar surface area (TPSA) is 44.0 Å². The maximum absolute atomic E-state index is 4.19. The lowest BCUT2D eigenvalue weighted by molar-refractivity contribution is 0.414. The molecule has 0 atom stereocenters. The van der Waals surface area contributed by atoms with E-state index >= 15 is 0 Å². The highest BCUT2D eigenvalue weighted by molar-refractivity contribution is 6.09. The Kier molecular flexibility index (Phi) is 4.12. The van der Waals surface area contributed by atoms with Crippen LogP contribution in [-0.2, 0) is 6.42 Å². The van der Waals surface area contributed by atoms with Crippen LogP contribution in [0.5, 0.6) is 0 Å². The van der Waals surface area contributed by atoms with Crippen LogP contribution in [0.1, 0.15) is 5.56 Å². The molecule has 126 valence electrons. The fraction of sp³-hybridized carbons (Fsp3) is 0.190. The number of nitrogens with one attached hydrogen (secondary N) is 2. The quantitative estimate of drug-likeness (QED) is 0.563.